The summed E-state index contributed by atoms with van der Waals surface area (Å²) in [5, 5.41) is 9.81. The molecule has 1 rings (SSSR count). The van der Waals surface area contributed by atoms with Crippen LogP contribution in [0.1, 0.15) is 27.7 Å². The summed E-state index contributed by atoms with van der Waals surface area (Å²) in [4.78, 5) is 0. The second-order valence-corrected chi connectivity index (χ2v) is 17.4. The summed E-state index contributed by atoms with van der Waals surface area (Å²) in [6, 6.07) is 2.78. The van der Waals surface area contributed by atoms with Gasteiger partial charge in [-0.2, -0.15) is 0 Å². The van der Waals surface area contributed by atoms with Gasteiger partial charge in [0.25, 0.3) is 0 Å². The molecule has 1 aliphatic rings. The molecule has 1 heterocycles. The molecule has 0 aliphatic carbocycles. The monoisotopic (exact) mass is 283 g/mol. The van der Waals surface area contributed by atoms with Gasteiger partial charge in [-0.25, -0.2) is 0 Å². The molecule has 104 valence electrons. The van der Waals surface area contributed by atoms with Gasteiger partial charge in [0, 0.05) is 0 Å². The molecule has 0 aromatic rings. The van der Waals surface area contributed by atoms with E-state index in [4.69, 9.17) is 0 Å². The van der Waals surface area contributed by atoms with Crippen molar-refractivity contribution in [3.8, 4) is 11.8 Å². The number of nitrogens with zero attached hydrogens (tertiary/aromatic N) is 1. The number of rotatable bonds is 1. The van der Waals surface area contributed by atoms with Crippen molar-refractivity contribution in [2.75, 3.05) is 0 Å². The van der Waals surface area contributed by atoms with E-state index in [-0.39, 0.29) is 5.54 Å². The minimum Gasteiger partial charge on any atom is -0.378 e. The van der Waals surface area contributed by atoms with Crippen LogP contribution in [0.2, 0.25) is 38.3 Å². The molecule has 1 fully saturated rings. The molecule has 18 heavy (non-hydrogen) atoms. The van der Waals surface area contributed by atoms with Crippen LogP contribution in [0.5, 0.6) is 0 Å². The molecule has 1 N–H and O–H groups in total. The second kappa shape index (κ2) is 4.48. The maximum absolute atomic E-state index is 9.81. The highest BCUT2D eigenvalue weighted by Crippen LogP contribution is 2.41. The minimum atomic E-state index is -1.33. The Bertz CT molecular complexity index is 367. The van der Waals surface area contributed by atoms with E-state index in [1.807, 2.05) is 0 Å². The van der Waals surface area contributed by atoms with Crippen molar-refractivity contribution in [1.29, 1.82) is 0 Å². The summed E-state index contributed by atoms with van der Waals surface area (Å²) >= 11 is 0. The fraction of sp³-hybridized carbons (Fsp3) is 0.857. The average molecular weight is 284 g/mol. The first-order chi connectivity index (χ1) is 7.78. The quantitative estimate of drug-likeness (QED) is 0.590. The van der Waals surface area contributed by atoms with Crippen LogP contribution >= 0.6 is 0 Å². The Morgan fingerprint density at radius 2 is 1.28 bits per heavy atom. The molecule has 0 bridgehead atoms. The molecule has 2 nitrogen and oxygen atoms in total. The molecule has 0 aromatic carbocycles. The standard InChI is InChI=1S/C14H29NOSi2/c1-13(2,9-10-14(3,4)16)15-17(5,6)11-12-18(15,7)8/h16H,11-12H2,1-8H3. The van der Waals surface area contributed by atoms with Crippen LogP contribution in [-0.2, 0) is 0 Å². The van der Waals surface area contributed by atoms with Crippen molar-refractivity contribution in [2.45, 2.75) is 77.1 Å². The Kier molecular flexibility index (Phi) is 3.98. The molecule has 0 aromatic heterocycles. The van der Waals surface area contributed by atoms with Crippen LogP contribution in [-0.4, -0.2) is 36.9 Å². The molecule has 4 heteroatoms. The van der Waals surface area contributed by atoms with E-state index in [9.17, 15) is 5.11 Å². The van der Waals surface area contributed by atoms with E-state index >= 15 is 0 Å². The van der Waals surface area contributed by atoms with Crippen LogP contribution in [0.15, 0.2) is 0 Å². The molecule has 1 saturated heterocycles. The highest BCUT2D eigenvalue weighted by Gasteiger charge is 2.52. The van der Waals surface area contributed by atoms with Gasteiger partial charge >= 0.3 is 0 Å². The number of hydrogen-bond acceptors (Lipinski definition) is 2. The van der Waals surface area contributed by atoms with E-state index in [2.05, 4.69) is 56.1 Å². The average Bonchev–Trinajstić information content (AvgIpc) is 2.32. The maximum Gasteiger partial charge on any atom is 0.120 e. The zero-order valence-corrected chi connectivity index (χ0v) is 15.3. The third-order valence-corrected chi connectivity index (χ3v) is 14.4. The summed E-state index contributed by atoms with van der Waals surface area (Å²) in [6.45, 7) is 17.8. The van der Waals surface area contributed by atoms with Crippen LogP contribution in [0.25, 0.3) is 0 Å². The fourth-order valence-corrected chi connectivity index (χ4v) is 19.2. The zero-order valence-electron chi connectivity index (χ0n) is 13.3. The van der Waals surface area contributed by atoms with Crippen molar-refractivity contribution in [3.05, 3.63) is 0 Å². The van der Waals surface area contributed by atoms with Gasteiger partial charge in [-0.05, 0) is 39.8 Å². The Morgan fingerprint density at radius 1 is 0.889 bits per heavy atom. The highest BCUT2D eigenvalue weighted by atomic mass is 28.4. The summed E-state index contributed by atoms with van der Waals surface area (Å²) < 4.78 is 2.78. The molecule has 0 saturated carbocycles. The van der Waals surface area contributed by atoms with Crippen LogP contribution in [0.3, 0.4) is 0 Å². The van der Waals surface area contributed by atoms with Crippen molar-refractivity contribution in [3.63, 3.8) is 0 Å². The zero-order chi connectivity index (χ0) is 14.4. The lowest BCUT2D eigenvalue weighted by molar-refractivity contribution is 0.143. The van der Waals surface area contributed by atoms with Crippen molar-refractivity contribution >= 4 is 16.5 Å². The predicted molar refractivity (Wildman–Crippen MR) is 84.6 cm³/mol. The summed E-state index contributed by atoms with van der Waals surface area (Å²) in [7, 11) is -2.65. The Balaban J connectivity index is 3.13. The van der Waals surface area contributed by atoms with E-state index < -0.39 is 22.1 Å². The molecule has 0 unspecified atom stereocenters. The molecular formula is C14H29NOSi2. The minimum absolute atomic E-state index is 0.109. The van der Waals surface area contributed by atoms with Gasteiger partial charge in [-0.15, -0.1) is 0 Å². The third kappa shape index (κ3) is 3.48. The largest absolute Gasteiger partial charge is 0.378 e. The third-order valence-electron chi connectivity index (χ3n) is 3.79. The van der Waals surface area contributed by atoms with Crippen molar-refractivity contribution in [2.24, 2.45) is 0 Å². The van der Waals surface area contributed by atoms with Crippen molar-refractivity contribution in [1.82, 2.24) is 4.23 Å². The molecular weight excluding hydrogens is 254 g/mol. The second-order valence-electron chi connectivity index (χ2n) is 7.83. The summed E-state index contributed by atoms with van der Waals surface area (Å²) in [6.07, 6.45) is 0. The predicted octanol–water partition coefficient (Wildman–Crippen LogP) is 3.27. The van der Waals surface area contributed by atoms with Crippen LogP contribution in [0.4, 0.5) is 0 Å². The van der Waals surface area contributed by atoms with Crippen LogP contribution < -0.4 is 0 Å². The topological polar surface area (TPSA) is 23.5 Å². The Hall–Kier alpha value is -0.0862. The fourth-order valence-electron chi connectivity index (χ4n) is 3.53. The Morgan fingerprint density at radius 3 is 1.61 bits per heavy atom. The van der Waals surface area contributed by atoms with Crippen molar-refractivity contribution < 1.29 is 5.11 Å². The summed E-state index contributed by atoms with van der Waals surface area (Å²) in [5.41, 5.74) is -1.00. The van der Waals surface area contributed by atoms with Crippen LogP contribution in [0, 0.1) is 11.8 Å². The van der Waals surface area contributed by atoms with Gasteiger partial charge in [-0.1, -0.05) is 38.0 Å². The lowest BCUT2D eigenvalue weighted by Gasteiger charge is -2.47. The lowest BCUT2D eigenvalue weighted by Crippen LogP contribution is -2.63. The SMILES string of the molecule is CC(C)(O)C#CC(C)(C)N1[Si](C)(C)CC[Si]1(C)C. The van der Waals surface area contributed by atoms with E-state index in [1.54, 1.807) is 13.8 Å². The van der Waals surface area contributed by atoms with Gasteiger partial charge in [0.05, 0.1) is 5.54 Å². The van der Waals surface area contributed by atoms with Gasteiger partial charge < -0.3 is 9.34 Å². The highest BCUT2D eigenvalue weighted by molar-refractivity contribution is 6.95. The van der Waals surface area contributed by atoms with E-state index in [0.29, 0.717) is 0 Å². The van der Waals surface area contributed by atoms with E-state index in [0.717, 1.165) is 0 Å². The first kappa shape index (κ1) is 16.0. The molecule has 0 spiro atoms. The van der Waals surface area contributed by atoms with E-state index in [1.165, 1.54) is 12.1 Å². The smallest absolute Gasteiger partial charge is 0.120 e. The summed E-state index contributed by atoms with van der Waals surface area (Å²) in [5.74, 6) is 6.37. The first-order valence-electron chi connectivity index (χ1n) is 6.85. The Labute approximate surface area is 115 Å². The normalized spacial score (nSPS) is 23.6. The molecule has 0 amide bonds. The lowest BCUT2D eigenvalue weighted by atomic mass is 10.1. The van der Waals surface area contributed by atoms with Gasteiger partial charge in [0.2, 0.25) is 0 Å². The molecule has 0 atom stereocenters. The van der Waals surface area contributed by atoms with Gasteiger partial charge in [0.15, 0.2) is 0 Å². The number of hydrogen-bond donors (Lipinski definition) is 1. The maximum atomic E-state index is 9.81. The molecule has 0 radical (unpaired) electrons. The number of aliphatic hydroxyl groups is 1. The van der Waals surface area contributed by atoms with Gasteiger partial charge in [-0.3, -0.25) is 0 Å². The first-order valence-corrected chi connectivity index (χ1v) is 13.2. The molecule has 1 aliphatic heterocycles. The van der Waals surface area contributed by atoms with Gasteiger partial charge in [0.1, 0.15) is 22.1 Å².